The Bertz CT molecular complexity index is 563. The molecule has 2 aromatic rings. The molecular weight excluding hydrogens is 248 g/mol. The minimum absolute atomic E-state index is 0.155. The van der Waals surface area contributed by atoms with Crippen LogP contribution in [0.25, 0.3) is 0 Å². The number of furan rings is 1. The standard InChI is InChI=1S/C13H12N2O2S/c16-13(15-14-8-10-4-2-6-17-10)12-7-9-3-1-5-11(9)18-12/h2,4,6-8H,1,3,5H2,(H,15,16)/b14-8-. The van der Waals surface area contributed by atoms with Gasteiger partial charge in [-0.15, -0.1) is 11.3 Å². The Kier molecular flexibility index (Phi) is 2.98. The molecule has 1 aliphatic carbocycles. The zero-order valence-electron chi connectivity index (χ0n) is 9.68. The van der Waals surface area contributed by atoms with Crippen molar-refractivity contribution in [1.29, 1.82) is 0 Å². The van der Waals surface area contributed by atoms with E-state index in [9.17, 15) is 4.79 Å². The lowest BCUT2D eigenvalue weighted by atomic mass is 10.2. The van der Waals surface area contributed by atoms with Crippen LogP contribution in [0, 0.1) is 0 Å². The molecule has 0 fully saturated rings. The van der Waals surface area contributed by atoms with Crippen molar-refractivity contribution < 1.29 is 9.21 Å². The third-order valence-corrected chi connectivity index (χ3v) is 4.11. The molecule has 0 bridgehead atoms. The highest BCUT2D eigenvalue weighted by molar-refractivity contribution is 7.14. The fourth-order valence-electron chi connectivity index (χ4n) is 2.02. The number of hydrazone groups is 1. The molecule has 1 amide bonds. The first-order valence-electron chi connectivity index (χ1n) is 5.81. The number of thiophene rings is 1. The summed E-state index contributed by atoms with van der Waals surface area (Å²) in [4.78, 5) is 13.9. The first kappa shape index (κ1) is 11.2. The molecule has 1 N–H and O–H groups in total. The number of carbonyl (C=O) groups is 1. The van der Waals surface area contributed by atoms with Crippen molar-refractivity contribution in [1.82, 2.24) is 5.43 Å². The second-order valence-corrected chi connectivity index (χ2v) is 5.26. The summed E-state index contributed by atoms with van der Waals surface area (Å²) in [6.45, 7) is 0. The molecule has 0 unspecified atom stereocenters. The molecule has 2 heterocycles. The van der Waals surface area contributed by atoms with Gasteiger partial charge in [-0.05, 0) is 43.0 Å². The van der Waals surface area contributed by atoms with E-state index in [1.54, 1.807) is 29.7 Å². The van der Waals surface area contributed by atoms with Crippen LogP contribution in [0.15, 0.2) is 34.0 Å². The molecule has 0 atom stereocenters. The van der Waals surface area contributed by atoms with Gasteiger partial charge in [0, 0.05) is 4.88 Å². The highest BCUT2D eigenvalue weighted by Crippen LogP contribution is 2.30. The Labute approximate surface area is 108 Å². The van der Waals surface area contributed by atoms with E-state index in [4.69, 9.17) is 4.42 Å². The van der Waals surface area contributed by atoms with Crippen molar-refractivity contribution in [3.8, 4) is 0 Å². The van der Waals surface area contributed by atoms with Gasteiger partial charge in [0.15, 0.2) is 0 Å². The van der Waals surface area contributed by atoms with Gasteiger partial charge in [-0.3, -0.25) is 4.79 Å². The lowest BCUT2D eigenvalue weighted by Gasteiger charge is -1.95. The molecule has 4 nitrogen and oxygen atoms in total. The van der Waals surface area contributed by atoms with Crippen molar-refractivity contribution in [3.63, 3.8) is 0 Å². The Morgan fingerprint density at radius 1 is 1.50 bits per heavy atom. The van der Waals surface area contributed by atoms with Crippen molar-refractivity contribution in [3.05, 3.63) is 45.5 Å². The number of nitrogens with zero attached hydrogens (tertiary/aromatic N) is 1. The topological polar surface area (TPSA) is 54.6 Å². The number of fused-ring (bicyclic) bond motifs is 1. The second-order valence-electron chi connectivity index (χ2n) is 4.13. The average molecular weight is 260 g/mol. The minimum atomic E-state index is -0.155. The summed E-state index contributed by atoms with van der Waals surface area (Å²) >= 11 is 1.57. The van der Waals surface area contributed by atoms with E-state index < -0.39 is 0 Å². The van der Waals surface area contributed by atoms with Crippen molar-refractivity contribution in [2.45, 2.75) is 19.3 Å². The van der Waals surface area contributed by atoms with Gasteiger partial charge in [0.25, 0.3) is 5.91 Å². The fraction of sp³-hybridized carbons (Fsp3) is 0.231. The van der Waals surface area contributed by atoms with Crippen molar-refractivity contribution in [2.24, 2.45) is 5.10 Å². The molecule has 1 aliphatic rings. The van der Waals surface area contributed by atoms with Gasteiger partial charge >= 0.3 is 0 Å². The van der Waals surface area contributed by atoms with E-state index in [1.165, 1.54) is 23.1 Å². The van der Waals surface area contributed by atoms with E-state index in [0.29, 0.717) is 5.76 Å². The quantitative estimate of drug-likeness (QED) is 0.681. The molecule has 3 rings (SSSR count). The molecule has 18 heavy (non-hydrogen) atoms. The molecule has 2 aromatic heterocycles. The Balaban J connectivity index is 1.64. The van der Waals surface area contributed by atoms with Gasteiger partial charge in [-0.25, -0.2) is 5.43 Å². The molecule has 0 aliphatic heterocycles. The van der Waals surface area contributed by atoms with Gasteiger partial charge in [0.05, 0.1) is 17.4 Å². The third kappa shape index (κ3) is 2.22. The number of aryl methyl sites for hydroxylation is 2. The predicted octanol–water partition coefficient (Wildman–Crippen LogP) is 2.59. The van der Waals surface area contributed by atoms with Crippen LogP contribution < -0.4 is 5.43 Å². The lowest BCUT2D eigenvalue weighted by molar-refractivity contribution is 0.0959. The summed E-state index contributed by atoms with van der Waals surface area (Å²) < 4.78 is 5.07. The van der Waals surface area contributed by atoms with Crippen molar-refractivity contribution >= 4 is 23.5 Å². The Morgan fingerprint density at radius 2 is 2.44 bits per heavy atom. The fourth-order valence-corrected chi connectivity index (χ4v) is 3.16. The van der Waals surface area contributed by atoms with E-state index in [-0.39, 0.29) is 5.91 Å². The molecule has 0 spiro atoms. The number of hydrogen-bond acceptors (Lipinski definition) is 4. The lowest BCUT2D eigenvalue weighted by Crippen LogP contribution is -2.16. The zero-order chi connectivity index (χ0) is 12.4. The first-order valence-corrected chi connectivity index (χ1v) is 6.63. The SMILES string of the molecule is O=C(N/N=C\c1ccco1)c1cc2c(s1)CCC2. The van der Waals surface area contributed by atoms with Crippen LogP contribution in [0.5, 0.6) is 0 Å². The Hall–Kier alpha value is -1.88. The third-order valence-electron chi connectivity index (χ3n) is 2.87. The number of nitrogens with one attached hydrogen (secondary N) is 1. The van der Waals surface area contributed by atoms with Crippen LogP contribution in [-0.2, 0) is 12.8 Å². The summed E-state index contributed by atoms with van der Waals surface area (Å²) in [5.41, 5.74) is 3.83. The van der Waals surface area contributed by atoms with Crippen LogP contribution >= 0.6 is 11.3 Å². The summed E-state index contributed by atoms with van der Waals surface area (Å²) in [6.07, 6.45) is 6.45. The van der Waals surface area contributed by atoms with Crippen molar-refractivity contribution in [2.75, 3.05) is 0 Å². The molecule has 0 saturated heterocycles. The van der Waals surface area contributed by atoms with Gasteiger partial charge < -0.3 is 4.42 Å². The van der Waals surface area contributed by atoms with Gasteiger partial charge in [0.1, 0.15) is 5.76 Å². The minimum Gasteiger partial charge on any atom is -0.463 e. The van der Waals surface area contributed by atoms with Gasteiger partial charge in [-0.2, -0.15) is 5.10 Å². The molecule has 0 aromatic carbocycles. The van der Waals surface area contributed by atoms with Crippen LogP contribution in [0.4, 0.5) is 0 Å². The van der Waals surface area contributed by atoms with Gasteiger partial charge in [0.2, 0.25) is 0 Å². The molecule has 0 radical (unpaired) electrons. The van der Waals surface area contributed by atoms with E-state index in [0.717, 1.165) is 17.7 Å². The monoisotopic (exact) mass is 260 g/mol. The first-order chi connectivity index (χ1) is 8.83. The highest BCUT2D eigenvalue weighted by Gasteiger charge is 2.17. The molecule has 92 valence electrons. The number of carbonyl (C=O) groups excluding carboxylic acids is 1. The summed E-state index contributed by atoms with van der Waals surface area (Å²) in [5, 5.41) is 3.86. The maximum absolute atomic E-state index is 11.8. The summed E-state index contributed by atoms with van der Waals surface area (Å²) in [7, 11) is 0. The second kappa shape index (κ2) is 4.78. The van der Waals surface area contributed by atoms with Crippen LogP contribution in [0.2, 0.25) is 0 Å². The zero-order valence-corrected chi connectivity index (χ0v) is 10.5. The van der Waals surface area contributed by atoms with Crippen LogP contribution in [0.1, 0.15) is 32.3 Å². The van der Waals surface area contributed by atoms with Crippen LogP contribution in [-0.4, -0.2) is 12.1 Å². The number of hydrogen-bond donors (Lipinski definition) is 1. The predicted molar refractivity (Wildman–Crippen MR) is 70.1 cm³/mol. The summed E-state index contributed by atoms with van der Waals surface area (Å²) in [5.74, 6) is 0.459. The maximum atomic E-state index is 11.8. The molecular formula is C13H12N2O2S. The number of amides is 1. The normalized spacial score (nSPS) is 14.0. The highest BCUT2D eigenvalue weighted by atomic mass is 32.1. The maximum Gasteiger partial charge on any atom is 0.281 e. The van der Waals surface area contributed by atoms with E-state index >= 15 is 0 Å². The Morgan fingerprint density at radius 3 is 3.22 bits per heavy atom. The van der Waals surface area contributed by atoms with E-state index in [1.807, 2.05) is 6.07 Å². The van der Waals surface area contributed by atoms with Gasteiger partial charge in [-0.1, -0.05) is 0 Å². The summed E-state index contributed by atoms with van der Waals surface area (Å²) in [6, 6.07) is 5.52. The van der Waals surface area contributed by atoms with E-state index in [2.05, 4.69) is 10.5 Å². The average Bonchev–Trinajstić information content (AvgIpc) is 3.04. The largest absolute Gasteiger partial charge is 0.463 e. The molecule has 5 heteroatoms. The smallest absolute Gasteiger partial charge is 0.281 e. The van der Waals surface area contributed by atoms with Crippen LogP contribution in [0.3, 0.4) is 0 Å². The molecule has 0 saturated carbocycles. The number of rotatable bonds is 3.